The van der Waals surface area contributed by atoms with E-state index in [4.69, 9.17) is 10.00 Å². The third-order valence-electron chi connectivity index (χ3n) is 2.69. The zero-order valence-electron chi connectivity index (χ0n) is 10.2. The number of hydrogen-bond donors (Lipinski definition) is 0. The van der Waals surface area contributed by atoms with Gasteiger partial charge < -0.3 is 9.64 Å². The molecule has 0 heterocycles. The summed E-state index contributed by atoms with van der Waals surface area (Å²) in [5.74, 6) is 0.643. The van der Waals surface area contributed by atoms with Gasteiger partial charge in [0.05, 0.1) is 0 Å². The van der Waals surface area contributed by atoms with Gasteiger partial charge in [-0.3, -0.25) is 0 Å². The molecule has 0 atom stereocenters. The summed E-state index contributed by atoms with van der Waals surface area (Å²) in [5, 5.41) is 8.52. The summed E-state index contributed by atoms with van der Waals surface area (Å²) < 4.78 is 4.91. The van der Waals surface area contributed by atoms with Gasteiger partial charge >= 0.3 is 0 Å². The first-order valence-corrected chi connectivity index (χ1v) is 5.61. The van der Waals surface area contributed by atoms with Crippen LogP contribution >= 0.6 is 0 Å². The van der Waals surface area contributed by atoms with Crippen LogP contribution in [0.2, 0.25) is 0 Å². The topological polar surface area (TPSA) is 36.3 Å². The van der Waals surface area contributed by atoms with E-state index in [0.717, 1.165) is 25.1 Å². The van der Waals surface area contributed by atoms with Crippen molar-refractivity contribution < 1.29 is 4.74 Å². The Labute approximate surface area is 97.3 Å². The van der Waals surface area contributed by atoms with Crippen molar-refractivity contribution in [2.45, 2.75) is 27.2 Å². The van der Waals surface area contributed by atoms with E-state index in [9.17, 15) is 0 Å². The maximum atomic E-state index is 8.52. The first kappa shape index (κ1) is 12.4. The molecule has 3 heteroatoms. The molecule has 1 rings (SSSR count). The summed E-state index contributed by atoms with van der Waals surface area (Å²) in [6, 6.07) is 0. The van der Waals surface area contributed by atoms with Crippen molar-refractivity contribution in [2.24, 2.45) is 0 Å². The van der Waals surface area contributed by atoms with Crippen LogP contribution < -0.4 is 0 Å². The van der Waals surface area contributed by atoms with E-state index >= 15 is 0 Å². The maximum Gasteiger partial charge on any atom is 0.292 e. The monoisotopic (exact) mass is 218 g/mol. The van der Waals surface area contributed by atoms with Crippen molar-refractivity contribution in [1.82, 2.24) is 4.90 Å². The number of rotatable bonds is 4. The van der Waals surface area contributed by atoms with Crippen molar-refractivity contribution in [3.8, 4) is 6.26 Å². The van der Waals surface area contributed by atoms with E-state index in [1.807, 2.05) is 19.1 Å². The molecule has 0 N–H and O–H groups in total. The highest BCUT2D eigenvalue weighted by atomic mass is 16.5. The smallest absolute Gasteiger partial charge is 0.292 e. The molecule has 16 heavy (non-hydrogen) atoms. The normalized spacial score (nSPS) is 15.2. The predicted octanol–water partition coefficient (Wildman–Crippen LogP) is 2.94. The van der Waals surface area contributed by atoms with E-state index in [0.29, 0.717) is 5.76 Å². The van der Waals surface area contributed by atoms with Crippen LogP contribution in [0, 0.1) is 11.5 Å². The zero-order valence-corrected chi connectivity index (χ0v) is 10.2. The fraction of sp³-hybridized carbons (Fsp3) is 0.462. The lowest BCUT2D eigenvalue weighted by atomic mass is 10.2. The number of allylic oxidation sites excluding steroid dienone is 4. The molecule has 3 nitrogen and oxygen atoms in total. The Morgan fingerprint density at radius 1 is 1.44 bits per heavy atom. The molecule has 0 saturated carbocycles. The number of ether oxygens (including phenoxy) is 1. The van der Waals surface area contributed by atoms with Crippen LogP contribution in [0.4, 0.5) is 0 Å². The van der Waals surface area contributed by atoms with Gasteiger partial charge in [-0.25, -0.2) is 0 Å². The minimum absolute atomic E-state index is 0.643. The Hall–Kier alpha value is -1.69. The molecule has 0 radical (unpaired) electrons. The Kier molecular flexibility index (Phi) is 4.65. The molecule has 0 aromatic carbocycles. The van der Waals surface area contributed by atoms with Gasteiger partial charge in [-0.05, 0) is 38.5 Å². The summed E-state index contributed by atoms with van der Waals surface area (Å²) in [6.45, 7) is 8.25. The highest BCUT2D eigenvalue weighted by Gasteiger charge is 2.09. The van der Waals surface area contributed by atoms with Crippen LogP contribution in [-0.2, 0) is 4.74 Å². The molecule has 0 unspecified atom stereocenters. The Bertz CT molecular complexity index is 368. The van der Waals surface area contributed by atoms with Crippen LogP contribution in [0.1, 0.15) is 27.2 Å². The lowest BCUT2D eigenvalue weighted by Gasteiger charge is -2.23. The number of hydrogen-bond acceptors (Lipinski definition) is 3. The van der Waals surface area contributed by atoms with E-state index in [1.165, 1.54) is 5.70 Å². The van der Waals surface area contributed by atoms with Crippen molar-refractivity contribution >= 4 is 0 Å². The number of nitriles is 1. The molecular weight excluding hydrogens is 200 g/mol. The average Bonchev–Trinajstić information content (AvgIpc) is 2.45. The van der Waals surface area contributed by atoms with Gasteiger partial charge in [0.25, 0.3) is 6.26 Å². The van der Waals surface area contributed by atoms with Crippen LogP contribution in [0.5, 0.6) is 0 Å². The summed E-state index contributed by atoms with van der Waals surface area (Å²) in [5.41, 5.74) is 2.27. The van der Waals surface area contributed by atoms with E-state index < -0.39 is 0 Å². The fourth-order valence-corrected chi connectivity index (χ4v) is 1.81. The summed E-state index contributed by atoms with van der Waals surface area (Å²) in [7, 11) is 0. The molecule has 0 fully saturated rings. The van der Waals surface area contributed by atoms with E-state index in [1.54, 1.807) is 6.26 Å². The molecule has 86 valence electrons. The Balaban J connectivity index is 2.96. The van der Waals surface area contributed by atoms with Crippen LogP contribution in [0.15, 0.2) is 35.3 Å². The third kappa shape index (κ3) is 2.90. The molecule has 0 bridgehead atoms. The first-order chi connectivity index (χ1) is 7.72. The van der Waals surface area contributed by atoms with E-state index in [2.05, 4.69) is 24.8 Å². The second kappa shape index (κ2) is 6.02. The summed E-state index contributed by atoms with van der Waals surface area (Å²) in [4.78, 5) is 2.31. The second-order valence-corrected chi connectivity index (χ2v) is 3.66. The quantitative estimate of drug-likeness (QED) is 0.681. The van der Waals surface area contributed by atoms with Gasteiger partial charge in [0, 0.05) is 25.2 Å². The Morgan fingerprint density at radius 2 is 2.12 bits per heavy atom. The van der Waals surface area contributed by atoms with Crippen molar-refractivity contribution in [3.63, 3.8) is 0 Å². The predicted molar refractivity (Wildman–Crippen MR) is 64.2 cm³/mol. The van der Waals surface area contributed by atoms with Crippen LogP contribution in [0.3, 0.4) is 0 Å². The Morgan fingerprint density at radius 3 is 2.69 bits per heavy atom. The van der Waals surface area contributed by atoms with Crippen molar-refractivity contribution in [2.75, 3.05) is 13.1 Å². The lowest BCUT2D eigenvalue weighted by molar-refractivity contribution is 0.375. The van der Waals surface area contributed by atoms with Gasteiger partial charge in [0.1, 0.15) is 5.76 Å². The zero-order chi connectivity index (χ0) is 12.0. The molecular formula is C13H18N2O. The SMILES string of the molecule is CCN(CC)C1=CC(C)=C(OC#N)C=CC1. The van der Waals surface area contributed by atoms with E-state index in [-0.39, 0.29) is 0 Å². The minimum atomic E-state index is 0.643. The largest absolute Gasteiger partial charge is 0.388 e. The third-order valence-corrected chi connectivity index (χ3v) is 2.69. The van der Waals surface area contributed by atoms with Gasteiger partial charge in [-0.1, -0.05) is 6.08 Å². The lowest BCUT2D eigenvalue weighted by Crippen LogP contribution is -2.21. The van der Waals surface area contributed by atoms with Gasteiger partial charge in [-0.2, -0.15) is 0 Å². The van der Waals surface area contributed by atoms with Gasteiger partial charge in [0.15, 0.2) is 0 Å². The van der Waals surface area contributed by atoms with Crippen LogP contribution in [-0.4, -0.2) is 18.0 Å². The summed E-state index contributed by atoms with van der Waals surface area (Å²) >= 11 is 0. The van der Waals surface area contributed by atoms with Gasteiger partial charge in [0.2, 0.25) is 0 Å². The molecule has 0 spiro atoms. The van der Waals surface area contributed by atoms with Crippen molar-refractivity contribution in [3.05, 3.63) is 35.3 Å². The standard InChI is InChI=1S/C13H18N2O/c1-4-15(5-2)12-7-6-8-13(16-10-14)11(3)9-12/h6,8-9H,4-5,7H2,1-3H3. The molecule has 0 aromatic rings. The highest BCUT2D eigenvalue weighted by Crippen LogP contribution is 2.20. The molecule has 0 amide bonds. The molecule has 0 saturated heterocycles. The van der Waals surface area contributed by atoms with Crippen molar-refractivity contribution in [1.29, 1.82) is 5.26 Å². The number of nitrogens with zero attached hydrogens (tertiary/aromatic N) is 2. The first-order valence-electron chi connectivity index (χ1n) is 5.61. The highest BCUT2D eigenvalue weighted by molar-refractivity contribution is 5.34. The fourth-order valence-electron chi connectivity index (χ4n) is 1.81. The second-order valence-electron chi connectivity index (χ2n) is 3.66. The molecule has 1 aliphatic rings. The maximum absolute atomic E-state index is 8.52. The summed E-state index contributed by atoms with van der Waals surface area (Å²) in [6.07, 6.45) is 8.60. The van der Waals surface area contributed by atoms with Crippen LogP contribution in [0.25, 0.3) is 0 Å². The van der Waals surface area contributed by atoms with Gasteiger partial charge in [-0.15, -0.1) is 5.26 Å². The molecule has 0 aromatic heterocycles. The molecule has 0 aliphatic heterocycles. The average molecular weight is 218 g/mol. The molecule has 1 aliphatic carbocycles. The minimum Gasteiger partial charge on any atom is -0.388 e.